The highest BCUT2D eigenvalue weighted by molar-refractivity contribution is 7.93. The van der Waals surface area contributed by atoms with Gasteiger partial charge in [0.05, 0.1) is 15.7 Å². The van der Waals surface area contributed by atoms with E-state index in [2.05, 4.69) is 19.6 Å². The lowest BCUT2D eigenvalue weighted by atomic mass is 9.91. The van der Waals surface area contributed by atoms with Gasteiger partial charge in [-0.25, -0.2) is 4.21 Å². The fourth-order valence-electron chi connectivity index (χ4n) is 2.01. The van der Waals surface area contributed by atoms with Crippen molar-refractivity contribution in [3.8, 4) is 0 Å². The van der Waals surface area contributed by atoms with E-state index in [4.69, 9.17) is 0 Å². The summed E-state index contributed by atoms with van der Waals surface area (Å²) in [6, 6.07) is 0. The lowest BCUT2D eigenvalue weighted by molar-refractivity contribution is 0.690. The normalized spacial score (nSPS) is 31.9. The highest BCUT2D eigenvalue weighted by Crippen LogP contribution is 2.42. The van der Waals surface area contributed by atoms with Gasteiger partial charge in [0.2, 0.25) is 0 Å². The van der Waals surface area contributed by atoms with E-state index in [1.54, 1.807) is 0 Å². The summed E-state index contributed by atoms with van der Waals surface area (Å²) in [6.07, 6.45) is 10.9. The second-order valence-electron chi connectivity index (χ2n) is 4.19. The van der Waals surface area contributed by atoms with E-state index in [9.17, 15) is 4.21 Å². The molecule has 1 heterocycles. The van der Waals surface area contributed by atoms with E-state index in [1.165, 1.54) is 5.57 Å². The van der Waals surface area contributed by atoms with Gasteiger partial charge >= 0.3 is 0 Å². The van der Waals surface area contributed by atoms with Crippen LogP contribution in [0.3, 0.4) is 0 Å². The average molecular weight is 232 g/mol. The van der Waals surface area contributed by atoms with E-state index in [1.807, 2.05) is 31.2 Å². The van der Waals surface area contributed by atoms with Crippen molar-refractivity contribution in [2.75, 3.05) is 0 Å². The van der Waals surface area contributed by atoms with E-state index in [0.29, 0.717) is 5.92 Å². The van der Waals surface area contributed by atoms with Crippen LogP contribution in [0.5, 0.6) is 0 Å². The molecule has 0 aromatic rings. The molecule has 0 saturated heterocycles. The maximum atomic E-state index is 12.2. The van der Waals surface area contributed by atoms with Gasteiger partial charge in [0, 0.05) is 4.91 Å². The Bertz CT molecular complexity index is 475. The van der Waals surface area contributed by atoms with Crippen molar-refractivity contribution in [1.29, 1.82) is 0 Å². The fourth-order valence-corrected chi connectivity index (χ4v) is 3.43. The molecule has 84 valence electrons. The van der Waals surface area contributed by atoms with Crippen molar-refractivity contribution in [2.24, 2.45) is 5.92 Å². The Morgan fingerprint density at radius 3 is 3.00 bits per heavy atom. The first-order valence-electron chi connectivity index (χ1n) is 5.51. The van der Waals surface area contributed by atoms with Crippen molar-refractivity contribution in [1.82, 2.24) is 0 Å². The topological polar surface area (TPSA) is 17.1 Å². The van der Waals surface area contributed by atoms with Crippen molar-refractivity contribution in [2.45, 2.75) is 20.3 Å². The van der Waals surface area contributed by atoms with E-state index in [-0.39, 0.29) is 0 Å². The molecule has 1 aliphatic carbocycles. The Morgan fingerprint density at radius 1 is 1.56 bits per heavy atom. The molecule has 0 aromatic heterocycles. The van der Waals surface area contributed by atoms with Gasteiger partial charge in [-0.1, -0.05) is 31.7 Å². The maximum Gasteiger partial charge on any atom is 0.0858 e. The molecule has 0 aromatic carbocycles. The molecule has 2 rings (SSSR count). The zero-order chi connectivity index (χ0) is 11.7. The molecule has 0 radical (unpaired) electrons. The second kappa shape index (κ2) is 4.38. The third-order valence-corrected chi connectivity index (χ3v) is 4.46. The van der Waals surface area contributed by atoms with Crippen LogP contribution in [0.1, 0.15) is 20.3 Å². The number of hydrogen-bond donors (Lipinski definition) is 0. The number of rotatable bonds is 1. The molecule has 0 saturated carbocycles. The lowest BCUT2D eigenvalue weighted by Gasteiger charge is -2.13. The summed E-state index contributed by atoms with van der Waals surface area (Å²) in [7, 11) is -1.02. The van der Waals surface area contributed by atoms with Gasteiger partial charge in [-0.3, -0.25) is 0 Å². The van der Waals surface area contributed by atoms with Crippen LogP contribution in [0.15, 0.2) is 57.9 Å². The van der Waals surface area contributed by atoms with Crippen molar-refractivity contribution in [3.05, 3.63) is 57.9 Å². The van der Waals surface area contributed by atoms with Crippen LogP contribution in [0.2, 0.25) is 0 Å². The summed E-state index contributed by atoms with van der Waals surface area (Å²) in [5, 5.41) is 0. The van der Waals surface area contributed by atoms with Crippen LogP contribution in [0.25, 0.3) is 0 Å². The van der Waals surface area contributed by atoms with Gasteiger partial charge in [0.25, 0.3) is 0 Å². The van der Waals surface area contributed by atoms with Crippen LogP contribution in [0, 0.1) is 5.92 Å². The molecule has 16 heavy (non-hydrogen) atoms. The van der Waals surface area contributed by atoms with Gasteiger partial charge in [-0.15, -0.1) is 0 Å². The minimum Gasteiger partial charge on any atom is -0.249 e. The largest absolute Gasteiger partial charge is 0.249 e. The SMILES string of the molecule is C=C1C2=C(C=CC(C)C2)S(=O)/C1=C/C=C\C. The Kier molecular flexibility index (Phi) is 3.10. The van der Waals surface area contributed by atoms with Crippen LogP contribution in [0.4, 0.5) is 0 Å². The van der Waals surface area contributed by atoms with E-state index < -0.39 is 10.8 Å². The average Bonchev–Trinajstić information content (AvgIpc) is 2.50. The molecule has 2 atom stereocenters. The summed E-state index contributed by atoms with van der Waals surface area (Å²) >= 11 is 0. The predicted molar refractivity (Wildman–Crippen MR) is 70.1 cm³/mol. The summed E-state index contributed by atoms with van der Waals surface area (Å²) in [6.45, 7) is 8.19. The smallest absolute Gasteiger partial charge is 0.0858 e. The summed E-state index contributed by atoms with van der Waals surface area (Å²) in [5.74, 6) is 0.522. The first-order valence-corrected chi connectivity index (χ1v) is 6.66. The molecule has 0 spiro atoms. The molecule has 1 aliphatic heterocycles. The molecule has 2 unspecified atom stereocenters. The summed E-state index contributed by atoms with van der Waals surface area (Å²) in [5.41, 5.74) is 2.15. The molecule has 0 fully saturated rings. The van der Waals surface area contributed by atoms with E-state index in [0.717, 1.165) is 21.8 Å². The Balaban J connectivity index is 2.40. The first-order chi connectivity index (χ1) is 7.65. The third kappa shape index (κ3) is 1.78. The predicted octanol–water partition coefficient (Wildman–Crippen LogP) is 3.62. The summed E-state index contributed by atoms with van der Waals surface area (Å²) < 4.78 is 12.2. The van der Waals surface area contributed by atoms with Gasteiger partial charge in [-0.05, 0) is 42.6 Å². The zero-order valence-electron chi connectivity index (χ0n) is 9.69. The second-order valence-corrected chi connectivity index (χ2v) is 5.60. The molecule has 1 nitrogen and oxygen atoms in total. The number of hydrogen-bond acceptors (Lipinski definition) is 1. The van der Waals surface area contributed by atoms with Crippen LogP contribution in [-0.2, 0) is 10.8 Å². The lowest BCUT2D eigenvalue weighted by Crippen LogP contribution is -1.99. The van der Waals surface area contributed by atoms with Gasteiger partial charge in [0.15, 0.2) is 0 Å². The Morgan fingerprint density at radius 2 is 2.31 bits per heavy atom. The zero-order valence-corrected chi connectivity index (χ0v) is 10.5. The van der Waals surface area contributed by atoms with Crippen LogP contribution in [-0.4, -0.2) is 4.21 Å². The Labute approximate surface area is 99.4 Å². The molecular formula is C14H16OS. The molecule has 0 amide bonds. The molecular weight excluding hydrogens is 216 g/mol. The highest BCUT2D eigenvalue weighted by Gasteiger charge is 2.30. The fraction of sp³-hybridized carbons (Fsp3) is 0.286. The van der Waals surface area contributed by atoms with Gasteiger partial charge in [-0.2, -0.15) is 0 Å². The maximum absolute atomic E-state index is 12.2. The van der Waals surface area contributed by atoms with Crippen molar-refractivity contribution in [3.63, 3.8) is 0 Å². The minimum atomic E-state index is -1.02. The molecule has 2 aliphatic rings. The van der Waals surface area contributed by atoms with E-state index >= 15 is 0 Å². The molecule has 0 bridgehead atoms. The monoisotopic (exact) mass is 232 g/mol. The molecule has 2 heteroatoms. The first kappa shape index (κ1) is 11.3. The summed E-state index contributed by atoms with van der Waals surface area (Å²) in [4.78, 5) is 1.82. The minimum absolute atomic E-state index is 0.522. The Hall–Kier alpha value is -1.15. The van der Waals surface area contributed by atoms with Crippen molar-refractivity contribution >= 4 is 10.8 Å². The molecule has 0 N–H and O–H groups in total. The van der Waals surface area contributed by atoms with Crippen LogP contribution < -0.4 is 0 Å². The van der Waals surface area contributed by atoms with Crippen LogP contribution >= 0.6 is 0 Å². The quantitative estimate of drug-likeness (QED) is 0.675. The highest BCUT2D eigenvalue weighted by atomic mass is 32.2. The number of allylic oxidation sites excluding steroid dienone is 7. The van der Waals surface area contributed by atoms with Gasteiger partial charge in [0.1, 0.15) is 0 Å². The third-order valence-electron chi connectivity index (χ3n) is 2.90. The van der Waals surface area contributed by atoms with Gasteiger partial charge < -0.3 is 0 Å². The van der Waals surface area contributed by atoms with Crippen molar-refractivity contribution < 1.29 is 4.21 Å². The standard InChI is InChI=1S/C14H16OS/c1-4-5-6-13-11(3)12-9-10(2)7-8-14(12)16(13)15/h4-8,10H,3,9H2,1-2H3/b5-4-,13-6+.